The minimum absolute atomic E-state index is 0.0662. The van der Waals surface area contributed by atoms with Gasteiger partial charge in [-0.3, -0.25) is 4.79 Å². The Labute approximate surface area is 97.9 Å². The number of nitrogens with two attached hydrogens (primary N) is 1. The quantitative estimate of drug-likeness (QED) is 0.751. The lowest BCUT2D eigenvalue weighted by atomic mass is 9.77. The molecule has 1 aliphatic rings. The van der Waals surface area contributed by atoms with Crippen molar-refractivity contribution < 1.29 is 9.53 Å². The first-order valence-electron chi connectivity index (χ1n) is 6.10. The Hall–Kier alpha value is -0.610. The fraction of sp³-hybridized carbons (Fsp3) is 0.917. The smallest absolute Gasteiger partial charge is 0.223 e. The lowest BCUT2D eigenvalue weighted by Crippen LogP contribution is -2.43. The number of hydrogen-bond donors (Lipinski definition) is 2. The standard InChI is InChI=1S/C12H24N2O2/c1-8-4-5-10(13)6-11(8)12(15)14-7-9(2)16-3/h8-11H,4-7,13H2,1-3H3,(H,14,15). The molecular formula is C12H24N2O2. The number of rotatable bonds is 4. The first-order valence-corrected chi connectivity index (χ1v) is 6.10. The van der Waals surface area contributed by atoms with Crippen LogP contribution in [0.25, 0.3) is 0 Å². The number of amides is 1. The van der Waals surface area contributed by atoms with Crippen LogP contribution in [0.5, 0.6) is 0 Å². The van der Waals surface area contributed by atoms with Crippen molar-refractivity contribution in [3.63, 3.8) is 0 Å². The molecule has 0 aromatic rings. The second-order valence-electron chi connectivity index (χ2n) is 4.95. The van der Waals surface area contributed by atoms with E-state index in [1.54, 1.807) is 7.11 Å². The van der Waals surface area contributed by atoms with Crippen LogP contribution >= 0.6 is 0 Å². The molecule has 3 N–H and O–H groups in total. The van der Waals surface area contributed by atoms with E-state index in [1.165, 1.54) is 0 Å². The fourth-order valence-corrected chi connectivity index (χ4v) is 2.18. The summed E-state index contributed by atoms with van der Waals surface area (Å²) in [6.45, 7) is 4.65. The number of carbonyl (C=O) groups excluding carboxylic acids is 1. The van der Waals surface area contributed by atoms with Crippen molar-refractivity contribution in [2.75, 3.05) is 13.7 Å². The molecule has 1 rings (SSSR count). The van der Waals surface area contributed by atoms with E-state index in [1.807, 2.05) is 6.92 Å². The minimum Gasteiger partial charge on any atom is -0.380 e. The molecule has 16 heavy (non-hydrogen) atoms. The molecule has 0 spiro atoms. The van der Waals surface area contributed by atoms with Crippen molar-refractivity contribution in [1.82, 2.24) is 5.32 Å². The number of carbonyl (C=O) groups is 1. The van der Waals surface area contributed by atoms with Crippen molar-refractivity contribution >= 4 is 5.91 Å². The molecule has 1 amide bonds. The van der Waals surface area contributed by atoms with Crippen LogP contribution in [0.15, 0.2) is 0 Å². The summed E-state index contributed by atoms with van der Waals surface area (Å²) in [5, 5.41) is 2.93. The topological polar surface area (TPSA) is 64.3 Å². The highest BCUT2D eigenvalue weighted by molar-refractivity contribution is 5.79. The van der Waals surface area contributed by atoms with Crippen LogP contribution in [0.3, 0.4) is 0 Å². The maximum absolute atomic E-state index is 12.0. The van der Waals surface area contributed by atoms with E-state index in [0.717, 1.165) is 19.3 Å². The van der Waals surface area contributed by atoms with Crippen molar-refractivity contribution in [1.29, 1.82) is 0 Å². The van der Waals surface area contributed by atoms with Gasteiger partial charge in [0.1, 0.15) is 0 Å². The second kappa shape index (κ2) is 6.21. The summed E-state index contributed by atoms with van der Waals surface area (Å²) in [5.41, 5.74) is 5.90. The lowest BCUT2D eigenvalue weighted by Gasteiger charge is -2.31. The third-order valence-corrected chi connectivity index (χ3v) is 3.54. The van der Waals surface area contributed by atoms with Crippen LogP contribution < -0.4 is 11.1 Å². The normalized spacial score (nSPS) is 32.1. The van der Waals surface area contributed by atoms with Crippen molar-refractivity contribution in [3.05, 3.63) is 0 Å². The van der Waals surface area contributed by atoms with Gasteiger partial charge >= 0.3 is 0 Å². The molecule has 0 bridgehead atoms. The summed E-state index contributed by atoms with van der Waals surface area (Å²) >= 11 is 0. The van der Waals surface area contributed by atoms with Crippen molar-refractivity contribution in [2.24, 2.45) is 17.6 Å². The molecule has 1 saturated carbocycles. The highest BCUT2D eigenvalue weighted by Gasteiger charge is 2.31. The van der Waals surface area contributed by atoms with Crippen LogP contribution in [0.2, 0.25) is 0 Å². The van der Waals surface area contributed by atoms with E-state index < -0.39 is 0 Å². The zero-order chi connectivity index (χ0) is 12.1. The first kappa shape index (κ1) is 13.5. The fourth-order valence-electron chi connectivity index (χ4n) is 2.18. The van der Waals surface area contributed by atoms with Gasteiger partial charge in [0, 0.05) is 25.6 Å². The molecule has 0 heterocycles. The van der Waals surface area contributed by atoms with E-state index in [4.69, 9.17) is 10.5 Å². The van der Waals surface area contributed by atoms with E-state index in [2.05, 4.69) is 12.2 Å². The summed E-state index contributed by atoms with van der Waals surface area (Å²) in [5.74, 6) is 0.650. The molecule has 0 radical (unpaired) electrons. The molecule has 4 atom stereocenters. The molecular weight excluding hydrogens is 204 g/mol. The van der Waals surface area contributed by atoms with Gasteiger partial charge in [0.25, 0.3) is 0 Å². The number of methoxy groups -OCH3 is 1. The predicted molar refractivity (Wildman–Crippen MR) is 64.0 cm³/mol. The van der Waals surface area contributed by atoms with Crippen molar-refractivity contribution in [3.8, 4) is 0 Å². The molecule has 1 fully saturated rings. The van der Waals surface area contributed by atoms with Gasteiger partial charge in [-0.05, 0) is 32.1 Å². The Morgan fingerprint density at radius 1 is 1.56 bits per heavy atom. The van der Waals surface area contributed by atoms with E-state index in [9.17, 15) is 4.79 Å². The highest BCUT2D eigenvalue weighted by Crippen LogP contribution is 2.29. The monoisotopic (exact) mass is 228 g/mol. The zero-order valence-electron chi connectivity index (χ0n) is 10.5. The van der Waals surface area contributed by atoms with Gasteiger partial charge in [-0.15, -0.1) is 0 Å². The average Bonchev–Trinajstić information content (AvgIpc) is 2.28. The van der Waals surface area contributed by atoms with E-state index >= 15 is 0 Å². The predicted octanol–water partition coefficient (Wildman–Crippen LogP) is 0.901. The summed E-state index contributed by atoms with van der Waals surface area (Å²) in [4.78, 5) is 12.0. The second-order valence-corrected chi connectivity index (χ2v) is 4.95. The van der Waals surface area contributed by atoms with Crippen molar-refractivity contribution in [2.45, 2.75) is 45.3 Å². The molecule has 0 saturated heterocycles. The van der Waals surface area contributed by atoms with Gasteiger partial charge in [0.15, 0.2) is 0 Å². The summed E-state index contributed by atoms with van der Waals surface area (Å²) < 4.78 is 5.10. The molecule has 4 unspecified atom stereocenters. The average molecular weight is 228 g/mol. The van der Waals surface area contributed by atoms with E-state index in [0.29, 0.717) is 12.5 Å². The molecule has 0 aromatic carbocycles. The van der Waals surface area contributed by atoms with E-state index in [-0.39, 0.29) is 24.0 Å². The van der Waals surface area contributed by atoms with Gasteiger partial charge in [-0.25, -0.2) is 0 Å². The number of hydrogen-bond acceptors (Lipinski definition) is 3. The summed E-state index contributed by atoms with van der Waals surface area (Å²) in [6, 6.07) is 0.187. The molecule has 0 aliphatic heterocycles. The third-order valence-electron chi connectivity index (χ3n) is 3.54. The Kier molecular flexibility index (Phi) is 5.22. The Morgan fingerprint density at radius 2 is 2.25 bits per heavy atom. The summed E-state index contributed by atoms with van der Waals surface area (Å²) in [7, 11) is 1.65. The SMILES string of the molecule is COC(C)CNC(=O)C1CC(N)CCC1C. The zero-order valence-corrected chi connectivity index (χ0v) is 10.5. The van der Waals surface area contributed by atoms with Crippen LogP contribution in [0.1, 0.15) is 33.1 Å². The number of nitrogens with one attached hydrogen (secondary N) is 1. The number of ether oxygens (including phenoxy) is 1. The van der Waals surface area contributed by atoms with Gasteiger partial charge in [0.05, 0.1) is 6.10 Å². The molecule has 94 valence electrons. The Balaban J connectivity index is 2.39. The van der Waals surface area contributed by atoms with Gasteiger partial charge in [-0.2, -0.15) is 0 Å². The van der Waals surface area contributed by atoms with Gasteiger partial charge < -0.3 is 15.8 Å². The maximum Gasteiger partial charge on any atom is 0.223 e. The van der Waals surface area contributed by atoms with Gasteiger partial charge in [0.2, 0.25) is 5.91 Å². The minimum atomic E-state index is 0.0662. The first-order chi connectivity index (χ1) is 7.54. The summed E-state index contributed by atoms with van der Waals surface area (Å²) in [6.07, 6.45) is 2.98. The molecule has 4 heteroatoms. The van der Waals surface area contributed by atoms with Crippen LogP contribution in [0.4, 0.5) is 0 Å². The van der Waals surface area contributed by atoms with Crippen LogP contribution in [-0.2, 0) is 9.53 Å². The highest BCUT2D eigenvalue weighted by atomic mass is 16.5. The maximum atomic E-state index is 12.0. The van der Waals surface area contributed by atoms with Crippen LogP contribution in [-0.4, -0.2) is 31.7 Å². The Bertz CT molecular complexity index is 233. The van der Waals surface area contributed by atoms with Crippen LogP contribution in [0, 0.1) is 11.8 Å². The lowest BCUT2D eigenvalue weighted by molar-refractivity contribution is -0.128. The van der Waals surface area contributed by atoms with Gasteiger partial charge in [-0.1, -0.05) is 6.92 Å². The Morgan fingerprint density at radius 3 is 2.88 bits per heavy atom. The molecule has 1 aliphatic carbocycles. The third kappa shape index (κ3) is 3.76. The largest absolute Gasteiger partial charge is 0.380 e. The molecule has 4 nitrogen and oxygen atoms in total. The molecule has 0 aromatic heterocycles.